The number of amides is 2. The van der Waals surface area contributed by atoms with E-state index in [-0.39, 0.29) is 24.2 Å². The number of benzene rings is 2. The zero-order valence-corrected chi connectivity index (χ0v) is 16.2. The van der Waals surface area contributed by atoms with Gasteiger partial charge in [0.2, 0.25) is 11.8 Å². The predicted octanol–water partition coefficient (Wildman–Crippen LogP) is 3.18. The summed E-state index contributed by atoms with van der Waals surface area (Å²) in [5, 5.41) is 2.98. The Kier molecular flexibility index (Phi) is 4.94. The van der Waals surface area contributed by atoms with E-state index in [9.17, 15) is 9.59 Å². The number of ether oxygens (including phenoxy) is 2. The number of carbonyl (C=O) groups is 2. The van der Waals surface area contributed by atoms with E-state index >= 15 is 0 Å². The van der Waals surface area contributed by atoms with Crippen LogP contribution in [0, 0.1) is 5.92 Å². The van der Waals surface area contributed by atoms with Crippen molar-refractivity contribution in [2.45, 2.75) is 25.7 Å². The van der Waals surface area contributed by atoms with Crippen LogP contribution in [0.15, 0.2) is 36.4 Å². The van der Waals surface area contributed by atoms with Gasteiger partial charge in [0, 0.05) is 30.4 Å². The number of aryl methyl sites for hydroxylation is 2. The first-order chi connectivity index (χ1) is 13.6. The third-order valence-corrected chi connectivity index (χ3v) is 5.54. The Labute approximate surface area is 164 Å². The van der Waals surface area contributed by atoms with Gasteiger partial charge in [-0.2, -0.15) is 0 Å². The van der Waals surface area contributed by atoms with E-state index in [1.54, 1.807) is 37.3 Å². The number of hydrogen-bond donors (Lipinski definition) is 1. The lowest BCUT2D eigenvalue weighted by molar-refractivity contribution is -0.122. The minimum atomic E-state index is -0.381. The first-order valence-corrected chi connectivity index (χ1v) is 9.54. The van der Waals surface area contributed by atoms with Crippen molar-refractivity contribution in [2.75, 3.05) is 31.0 Å². The SMILES string of the molecule is COc1ccc(N2CC(C(=O)Nc3ccc4c(c3)CCC4)CC2=O)cc1OC. The number of nitrogens with one attached hydrogen (secondary N) is 1. The van der Waals surface area contributed by atoms with Crippen LogP contribution in [0.1, 0.15) is 24.0 Å². The van der Waals surface area contributed by atoms with Crippen LogP contribution in [0.4, 0.5) is 11.4 Å². The van der Waals surface area contributed by atoms with Crippen LogP contribution in [-0.4, -0.2) is 32.6 Å². The molecule has 6 nitrogen and oxygen atoms in total. The Morgan fingerprint density at radius 2 is 1.82 bits per heavy atom. The fourth-order valence-corrected chi connectivity index (χ4v) is 4.02. The second kappa shape index (κ2) is 7.54. The van der Waals surface area contributed by atoms with Crippen molar-refractivity contribution in [3.8, 4) is 11.5 Å². The van der Waals surface area contributed by atoms with E-state index in [1.165, 1.54) is 17.5 Å². The summed E-state index contributed by atoms with van der Waals surface area (Å²) in [7, 11) is 3.12. The molecule has 2 amide bonds. The minimum Gasteiger partial charge on any atom is -0.493 e. The van der Waals surface area contributed by atoms with Gasteiger partial charge in [0.15, 0.2) is 11.5 Å². The fraction of sp³-hybridized carbons (Fsp3) is 0.364. The van der Waals surface area contributed by atoms with E-state index in [0.29, 0.717) is 23.7 Å². The van der Waals surface area contributed by atoms with E-state index in [4.69, 9.17) is 9.47 Å². The van der Waals surface area contributed by atoms with Crippen LogP contribution in [-0.2, 0) is 22.4 Å². The molecule has 1 saturated heterocycles. The number of anilines is 2. The molecule has 1 N–H and O–H groups in total. The van der Waals surface area contributed by atoms with Crippen LogP contribution in [0.5, 0.6) is 11.5 Å². The van der Waals surface area contributed by atoms with Gasteiger partial charge in [0.05, 0.1) is 20.1 Å². The van der Waals surface area contributed by atoms with Crippen molar-refractivity contribution < 1.29 is 19.1 Å². The molecule has 0 spiro atoms. The van der Waals surface area contributed by atoms with Gasteiger partial charge >= 0.3 is 0 Å². The van der Waals surface area contributed by atoms with Gasteiger partial charge < -0.3 is 19.7 Å². The quantitative estimate of drug-likeness (QED) is 0.865. The van der Waals surface area contributed by atoms with E-state index < -0.39 is 0 Å². The van der Waals surface area contributed by atoms with Crippen molar-refractivity contribution in [3.63, 3.8) is 0 Å². The Balaban J connectivity index is 1.46. The van der Waals surface area contributed by atoms with Gasteiger partial charge in [-0.1, -0.05) is 6.07 Å². The molecular formula is C22H24N2O4. The second-order valence-electron chi connectivity index (χ2n) is 7.27. The average Bonchev–Trinajstić information content (AvgIpc) is 3.33. The maximum absolute atomic E-state index is 12.7. The molecule has 0 radical (unpaired) electrons. The molecule has 2 aromatic carbocycles. The molecule has 6 heteroatoms. The molecule has 1 heterocycles. The highest BCUT2D eigenvalue weighted by Crippen LogP contribution is 2.34. The molecule has 1 atom stereocenters. The summed E-state index contributed by atoms with van der Waals surface area (Å²) in [6.07, 6.45) is 3.55. The van der Waals surface area contributed by atoms with Crippen molar-refractivity contribution in [2.24, 2.45) is 5.92 Å². The van der Waals surface area contributed by atoms with Crippen molar-refractivity contribution >= 4 is 23.2 Å². The van der Waals surface area contributed by atoms with Gasteiger partial charge in [0.25, 0.3) is 0 Å². The van der Waals surface area contributed by atoms with E-state index in [1.807, 2.05) is 6.07 Å². The van der Waals surface area contributed by atoms with Gasteiger partial charge in [-0.15, -0.1) is 0 Å². The second-order valence-corrected chi connectivity index (χ2v) is 7.27. The third kappa shape index (κ3) is 3.42. The summed E-state index contributed by atoms with van der Waals surface area (Å²) in [6.45, 7) is 0.352. The zero-order chi connectivity index (χ0) is 19.7. The zero-order valence-electron chi connectivity index (χ0n) is 16.2. The van der Waals surface area contributed by atoms with Gasteiger partial charge in [-0.05, 0) is 54.7 Å². The van der Waals surface area contributed by atoms with Gasteiger partial charge in [-0.3, -0.25) is 9.59 Å². The summed E-state index contributed by atoms with van der Waals surface area (Å²) >= 11 is 0. The van der Waals surface area contributed by atoms with Crippen LogP contribution < -0.4 is 19.7 Å². The number of nitrogens with zero attached hydrogens (tertiary/aromatic N) is 1. The standard InChI is InChI=1S/C22H24N2O4/c1-27-19-9-8-18(12-20(19)28-2)24-13-16(11-21(24)25)22(26)23-17-7-6-14-4-3-5-15(14)10-17/h6-10,12,16H,3-5,11,13H2,1-2H3,(H,23,26). The molecule has 28 heavy (non-hydrogen) atoms. The maximum Gasteiger partial charge on any atom is 0.229 e. The maximum atomic E-state index is 12.7. The van der Waals surface area contributed by atoms with E-state index in [0.717, 1.165) is 18.5 Å². The number of methoxy groups -OCH3 is 2. The molecule has 1 aliphatic carbocycles. The number of fused-ring (bicyclic) bond motifs is 1. The molecule has 1 aliphatic heterocycles. The normalized spacial score (nSPS) is 18.1. The lowest BCUT2D eigenvalue weighted by Gasteiger charge is -2.18. The summed E-state index contributed by atoms with van der Waals surface area (Å²) in [4.78, 5) is 26.9. The highest BCUT2D eigenvalue weighted by Gasteiger charge is 2.35. The molecule has 2 aromatic rings. The van der Waals surface area contributed by atoms with Gasteiger partial charge in [-0.25, -0.2) is 0 Å². The van der Waals surface area contributed by atoms with Crippen LogP contribution in [0.2, 0.25) is 0 Å². The molecule has 4 rings (SSSR count). The number of hydrogen-bond acceptors (Lipinski definition) is 4. The van der Waals surface area contributed by atoms with Crippen LogP contribution in [0.25, 0.3) is 0 Å². The summed E-state index contributed by atoms with van der Waals surface area (Å²) in [5.74, 6) is 0.590. The predicted molar refractivity (Wildman–Crippen MR) is 107 cm³/mol. The van der Waals surface area contributed by atoms with E-state index in [2.05, 4.69) is 17.4 Å². The third-order valence-electron chi connectivity index (χ3n) is 5.54. The molecule has 1 fully saturated rings. The first kappa shape index (κ1) is 18.3. The van der Waals surface area contributed by atoms with Crippen LogP contribution >= 0.6 is 0 Å². The van der Waals surface area contributed by atoms with Crippen LogP contribution in [0.3, 0.4) is 0 Å². The largest absolute Gasteiger partial charge is 0.493 e. The van der Waals surface area contributed by atoms with Crippen molar-refractivity contribution in [3.05, 3.63) is 47.5 Å². The van der Waals surface area contributed by atoms with Crippen molar-refractivity contribution in [1.29, 1.82) is 0 Å². The fourth-order valence-electron chi connectivity index (χ4n) is 4.02. The Morgan fingerprint density at radius 1 is 1.04 bits per heavy atom. The molecule has 0 aromatic heterocycles. The highest BCUT2D eigenvalue weighted by molar-refractivity contribution is 6.03. The highest BCUT2D eigenvalue weighted by atomic mass is 16.5. The minimum absolute atomic E-state index is 0.0682. The Morgan fingerprint density at radius 3 is 2.61 bits per heavy atom. The number of carbonyl (C=O) groups excluding carboxylic acids is 2. The summed E-state index contributed by atoms with van der Waals surface area (Å²) in [5.41, 5.74) is 4.19. The monoisotopic (exact) mass is 380 g/mol. The first-order valence-electron chi connectivity index (χ1n) is 9.54. The average molecular weight is 380 g/mol. The topological polar surface area (TPSA) is 67.9 Å². The molecule has 2 aliphatic rings. The van der Waals surface area contributed by atoms with Crippen molar-refractivity contribution in [1.82, 2.24) is 0 Å². The molecule has 0 bridgehead atoms. The Bertz CT molecular complexity index is 925. The molecule has 1 unspecified atom stereocenters. The molecule has 0 saturated carbocycles. The summed E-state index contributed by atoms with van der Waals surface area (Å²) in [6, 6.07) is 11.4. The number of rotatable bonds is 5. The molecule has 146 valence electrons. The smallest absolute Gasteiger partial charge is 0.229 e. The molecular weight excluding hydrogens is 356 g/mol. The van der Waals surface area contributed by atoms with Gasteiger partial charge in [0.1, 0.15) is 0 Å². The lowest BCUT2D eigenvalue weighted by Crippen LogP contribution is -2.28. The lowest BCUT2D eigenvalue weighted by atomic mass is 10.1. The summed E-state index contributed by atoms with van der Waals surface area (Å²) < 4.78 is 10.6. The Hall–Kier alpha value is -3.02.